The number of morpholine rings is 1. The summed E-state index contributed by atoms with van der Waals surface area (Å²) in [5, 5.41) is 4.20. The average molecular weight is 590 g/mol. The van der Waals surface area contributed by atoms with E-state index in [1.54, 1.807) is 18.2 Å². The minimum Gasteiger partial charge on any atom is -0.379 e. The third-order valence-electron chi connectivity index (χ3n) is 7.52. The van der Waals surface area contributed by atoms with Gasteiger partial charge in [-0.1, -0.05) is 60.7 Å². The van der Waals surface area contributed by atoms with Gasteiger partial charge in [-0.15, -0.1) is 0 Å². The van der Waals surface area contributed by atoms with Crippen molar-refractivity contribution in [2.45, 2.75) is 6.54 Å². The first-order valence-corrected chi connectivity index (χ1v) is 16.0. The molecule has 0 bridgehead atoms. The SMILES string of the molecule is O=C(NCCN1CCOCC1)c1cc(NS(=O)(=O)/C=C/c2ccccc2)ccc1N1CCN(Cc2ccccc2)CC1. The van der Waals surface area contributed by atoms with Gasteiger partial charge in [0.1, 0.15) is 0 Å². The first kappa shape index (κ1) is 29.8. The van der Waals surface area contributed by atoms with Crippen molar-refractivity contribution in [1.29, 1.82) is 0 Å². The molecule has 9 nitrogen and oxygen atoms in total. The monoisotopic (exact) mass is 589 g/mol. The van der Waals surface area contributed by atoms with Gasteiger partial charge in [-0.3, -0.25) is 19.3 Å². The molecule has 2 aliphatic rings. The molecule has 2 heterocycles. The molecule has 0 radical (unpaired) electrons. The molecule has 5 rings (SSSR count). The Bertz CT molecular complexity index is 1440. The standard InChI is InChI=1S/C32H39N5O4S/c38-32(33-14-15-35-20-22-41-23-21-35)30-25-29(34-42(39,40)24-13-27-7-3-1-4-8-27)11-12-31(30)37-18-16-36(17-19-37)26-28-9-5-2-6-10-28/h1-13,24-25,34H,14-23,26H2,(H,33,38)/b24-13+. The molecule has 0 aliphatic carbocycles. The van der Waals surface area contributed by atoms with Gasteiger partial charge in [0, 0.05) is 70.3 Å². The van der Waals surface area contributed by atoms with Crippen LogP contribution >= 0.6 is 0 Å². The summed E-state index contributed by atoms with van der Waals surface area (Å²) < 4.78 is 33.7. The van der Waals surface area contributed by atoms with Crippen molar-refractivity contribution in [1.82, 2.24) is 15.1 Å². The van der Waals surface area contributed by atoms with E-state index in [2.05, 4.69) is 49.0 Å². The van der Waals surface area contributed by atoms with Crippen LogP contribution in [-0.4, -0.2) is 89.7 Å². The van der Waals surface area contributed by atoms with Crippen molar-refractivity contribution < 1.29 is 17.9 Å². The highest BCUT2D eigenvalue weighted by molar-refractivity contribution is 7.95. The van der Waals surface area contributed by atoms with Gasteiger partial charge >= 0.3 is 0 Å². The number of amides is 1. The first-order valence-electron chi connectivity index (χ1n) is 14.4. The molecule has 0 saturated carbocycles. The van der Waals surface area contributed by atoms with E-state index in [-0.39, 0.29) is 5.91 Å². The molecule has 0 atom stereocenters. The molecule has 2 saturated heterocycles. The number of carbonyl (C=O) groups is 1. The topological polar surface area (TPSA) is 94.2 Å². The lowest BCUT2D eigenvalue weighted by molar-refractivity contribution is 0.0383. The van der Waals surface area contributed by atoms with E-state index in [9.17, 15) is 13.2 Å². The Morgan fingerprint density at radius 2 is 1.52 bits per heavy atom. The normalized spacial score (nSPS) is 16.9. The van der Waals surface area contributed by atoms with E-state index in [0.717, 1.165) is 69.0 Å². The molecule has 0 aromatic heterocycles. The Hall–Kier alpha value is -3.70. The molecule has 222 valence electrons. The highest BCUT2D eigenvalue weighted by atomic mass is 32.2. The van der Waals surface area contributed by atoms with E-state index in [4.69, 9.17) is 4.74 Å². The van der Waals surface area contributed by atoms with Crippen LogP contribution in [0.3, 0.4) is 0 Å². The van der Waals surface area contributed by atoms with Crippen molar-refractivity contribution in [3.63, 3.8) is 0 Å². The summed E-state index contributed by atoms with van der Waals surface area (Å²) in [6.07, 6.45) is 1.55. The van der Waals surface area contributed by atoms with Gasteiger partial charge in [0.15, 0.2) is 0 Å². The van der Waals surface area contributed by atoms with Crippen LogP contribution in [0, 0.1) is 0 Å². The summed E-state index contributed by atoms with van der Waals surface area (Å²) >= 11 is 0. The van der Waals surface area contributed by atoms with Gasteiger partial charge in [-0.05, 0) is 35.4 Å². The van der Waals surface area contributed by atoms with Gasteiger partial charge in [-0.25, -0.2) is 8.42 Å². The number of hydrogen-bond donors (Lipinski definition) is 2. The van der Waals surface area contributed by atoms with Crippen molar-refractivity contribution in [2.75, 3.05) is 75.2 Å². The Morgan fingerprint density at radius 1 is 0.833 bits per heavy atom. The summed E-state index contributed by atoms with van der Waals surface area (Å²) in [6.45, 7) is 8.50. The van der Waals surface area contributed by atoms with Gasteiger partial charge in [0.25, 0.3) is 15.9 Å². The predicted molar refractivity (Wildman–Crippen MR) is 168 cm³/mol. The summed E-state index contributed by atoms with van der Waals surface area (Å²) in [5.74, 6) is -0.217. The largest absolute Gasteiger partial charge is 0.379 e. The molecular weight excluding hydrogens is 550 g/mol. The summed E-state index contributed by atoms with van der Waals surface area (Å²) in [5.41, 5.74) is 3.67. The summed E-state index contributed by atoms with van der Waals surface area (Å²) in [6, 6.07) is 24.9. The Labute approximate surface area is 248 Å². The number of ether oxygens (including phenoxy) is 1. The number of sulfonamides is 1. The molecular formula is C32H39N5O4S. The zero-order valence-corrected chi connectivity index (χ0v) is 24.6. The van der Waals surface area contributed by atoms with Crippen LogP contribution in [0.5, 0.6) is 0 Å². The van der Waals surface area contributed by atoms with Crippen LogP contribution in [0.25, 0.3) is 6.08 Å². The molecule has 42 heavy (non-hydrogen) atoms. The lowest BCUT2D eigenvalue weighted by Crippen LogP contribution is -2.46. The lowest BCUT2D eigenvalue weighted by Gasteiger charge is -2.37. The zero-order valence-electron chi connectivity index (χ0n) is 23.8. The molecule has 0 spiro atoms. The molecule has 0 unspecified atom stereocenters. The Morgan fingerprint density at radius 3 is 2.24 bits per heavy atom. The van der Waals surface area contributed by atoms with Crippen LogP contribution in [0.1, 0.15) is 21.5 Å². The zero-order chi connectivity index (χ0) is 29.2. The van der Waals surface area contributed by atoms with E-state index in [1.165, 1.54) is 5.56 Å². The van der Waals surface area contributed by atoms with Crippen LogP contribution in [0.15, 0.2) is 84.3 Å². The third-order valence-corrected chi connectivity index (χ3v) is 8.53. The second kappa shape index (κ2) is 14.5. The van der Waals surface area contributed by atoms with E-state index < -0.39 is 10.0 Å². The van der Waals surface area contributed by atoms with Crippen LogP contribution < -0.4 is 14.9 Å². The van der Waals surface area contributed by atoms with Crippen LogP contribution in [0.2, 0.25) is 0 Å². The second-order valence-corrected chi connectivity index (χ2v) is 12.1. The van der Waals surface area contributed by atoms with Gasteiger partial charge in [0.2, 0.25) is 0 Å². The highest BCUT2D eigenvalue weighted by Crippen LogP contribution is 2.27. The second-order valence-electron chi connectivity index (χ2n) is 10.6. The molecule has 1 amide bonds. The Kier molecular flexibility index (Phi) is 10.3. The number of hydrogen-bond acceptors (Lipinski definition) is 7. The lowest BCUT2D eigenvalue weighted by atomic mass is 10.1. The maximum absolute atomic E-state index is 13.5. The molecule has 3 aromatic rings. The summed E-state index contributed by atoms with van der Waals surface area (Å²) in [4.78, 5) is 20.4. The molecule has 10 heteroatoms. The minimum atomic E-state index is -3.78. The quantitative estimate of drug-likeness (QED) is 0.354. The van der Waals surface area contributed by atoms with E-state index in [0.29, 0.717) is 31.0 Å². The Balaban J connectivity index is 1.29. The smallest absolute Gasteiger partial charge is 0.255 e. The number of benzene rings is 3. The van der Waals surface area contributed by atoms with Crippen LogP contribution in [-0.2, 0) is 21.3 Å². The maximum Gasteiger partial charge on any atom is 0.255 e. The number of rotatable bonds is 11. The molecule has 2 aliphatic heterocycles. The number of anilines is 2. The molecule has 3 aromatic carbocycles. The van der Waals surface area contributed by atoms with Gasteiger partial charge in [-0.2, -0.15) is 0 Å². The fourth-order valence-electron chi connectivity index (χ4n) is 5.22. The van der Waals surface area contributed by atoms with Crippen molar-refractivity contribution in [3.05, 3.63) is 101 Å². The number of carbonyl (C=O) groups excluding carboxylic acids is 1. The number of piperazine rings is 1. The maximum atomic E-state index is 13.5. The molecule has 2 N–H and O–H groups in total. The first-order chi connectivity index (χ1) is 20.4. The van der Waals surface area contributed by atoms with Crippen LogP contribution in [0.4, 0.5) is 11.4 Å². The van der Waals surface area contributed by atoms with Crippen molar-refractivity contribution in [3.8, 4) is 0 Å². The predicted octanol–water partition coefficient (Wildman–Crippen LogP) is 3.48. The van der Waals surface area contributed by atoms with Crippen molar-refractivity contribution in [2.24, 2.45) is 0 Å². The third kappa shape index (κ3) is 8.65. The number of nitrogens with one attached hydrogen (secondary N) is 2. The molecule has 2 fully saturated rings. The summed E-state index contributed by atoms with van der Waals surface area (Å²) in [7, 11) is -3.78. The van der Waals surface area contributed by atoms with Gasteiger partial charge in [0.05, 0.1) is 24.2 Å². The number of nitrogens with zero attached hydrogens (tertiary/aromatic N) is 3. The highest BCUT2D eigenvalue weighted by Gasteiger charge is 2.23. The fraction of sp³-hybridized carbons (Fsp3) is 0.344. The average Bonchev–Trinajstić information content (AvgIpc) is 3.02. The fourth-order valence-corrected chi connectivity index (χ4v) is 6.08. The van der Waals surface area contributed by atoms with E-state index >= 15 is 0 Å². The van der Waals surface area contributed by atoms with Crippen molar-refractivity contribution >= 4 is 33.4 Å². The minimum absolute atomic E-state index is 0.217. The van der Waals surface area contributed by atoms with Gasteiger partial charge < -0.3 is 15.0 Å². The van der Waals surface area contributed by atoms with E-state index in [1.807, 2.05) is 42.5 Å².